The number of carbonyl (C=O) groups excluding carboxylic acids is 1. The van der Waals surface area contributed by atoms with Gasteiger partial charge in [0.25, 0.3) is 5.91 Å². The van der Waals surface area contributed by atoms with Crippen LogP contribution in [0.4, 0.5) is 4.39 Å². The van der Waals surface area contributed by atoms with Crippen molar-refractivity contribution in [3.63, 3.8) is 0 Å². The Hall–Kier alpha value is -1.87. The lowest BCUT2D eigenvalue weighted by Crippen LogP contribution is -2.32. The molecule has 2 atom stereocenters. The molecule has 1 saturated carbocycles. The summed E-state index contributed by atoms with van der Waals surface area (Å²) in [6, 6.07) is 13.7. The van der Waals surface area contributed by atoms with Gasteiger partial charge in [-0.3, -0.25) is 4.79 Å². The summed E-state index contributed by atoms with van der Waals surface area (Å²) >= 11 is 5.95. The van der Waals surface area contributed by atoms with Gasteiger partial charge in [0.15, 0.2) is 0 Å². The number of benzene rings is 2. The van der Waals surface area contributed by atoms with Gasteiger partial charge in [-0.2, -0.15) is 0 Å². The van der Waals surface area contributed by atoms with Crippen molar-refractivity contribution in [2.24, 2.45) is 5.92 Å². The maximum absolute atomic E-state index is 13.0. The van der Waals surface area contributed by atoms with E-state index in [4.69, 9.17) is 11.6 Å². The van der Waals surface area contributed by atoms with E-state index in [9.17, 15) is 9.18 Å². The third-order valence-corrected chi connectivity index (χ3v) is 5.20. The van der Waals surface area contributed by atoms with Gasteiger partial charge in [0.1, 0.15) is 5.82 Å². The maximum atomic E-state index is 13.0. The van der Waals surface area contributed by atoms with E-state index in [2.05, 4.69) is 12.1 Å². The minimum atomic E-state index is -0.321. The summed E-state index contributed by atoms with van der Waals surface area (Å²) in [5.74, 6) is 0.192. The highest BCUT2D eigenvalue weighted by Gasteiger charge is 2.61. The Kier molecular flexibility index (Phi) is 3.01. The van der Waals surface area contributed by atoms with Crippen LogP contribution >= 0.6 is 11.6 Å². The lowest BCUT2D eigenvalue weighted by Gasteiger charge is -2.21. The molecule has 0 radical (unpaired) electrons. The average molecular weight is 316 g/mol. The molecule has 2 unspecified atom stereocenters. The fourth-order valence-corrected chi connectivity index (χ4v) is 3.77. The number of halogens is 2. The second-order valence-corrected chi connectivity index (χ2v) is 6.69. The number of rotatable bonds is 2. The van der Waals surface area contributed by atoms with E-state index in [1.807, 2.05) is 17.0 Å². The molecular weight excluding hydrogens is 301 g/mol. The smallest absolute Gasteiger partial charge is 0.253 e. The van der Waals surface area contributed by atoms with Crippen molar-refractivity contribution in [2.75, 3.05) is 13.1 Å². The van der Waals surface area contributed by atoms with Crippen LogP contribution in [-0.2, 0) is 5.41 Å². The van der Waals surface area contributed by atoms with E-state index >= 15 is 0 Å². The van der Waals surface area contributed by atoms with Crippen molar-refractivity contribution >= 4 is 17.5 Å². The van der Waals surface area contributed by atoms with Crippen LogP contribution in [0.5, 0.6) is 0 Å². The number of hydrogen-bond acceptors (Lipinski definition) is 1. The molecule has 1 heterocycles. The molecule has 0 aromatic heterocycles. The Labute approximate surface area is 133 Å². The van der Waals surface area contributed by atoms with Crippen LogP contribution in [0.15, 0.2) is 48.5 Å². The monoisotopic (exact) mass is 315 g/mol. The number of nitrogens with zero attached hydrogens (tertiary/aromatic N) is 1. The predicted octanol–water partition coefficient (Wildman–Crippen LogP) is 3.89. The normalized spacial score (nSPS) is 25.9. The van der Waals surface area contributed by atoms with Gasteiger partial charge in [-0.05, 0) is 54.3 Å². The van der Waals surface area contributed by atoms with Crippen molar-refractivity contribution < 1.29 is 9.18 Å². The van der Waals surface area contributed by atoms with Crippen LogP contribution in [0.25, 0.3) is 0 Å². The minimum absolute atomic E-state index is 0.0134. The molecule has 2 nitrogen and oxygen atoms in total. The predicted molar refractivity (Wildman–Crippen MR) is 83.5 cm³/mol. The summed E-state index contributed by atoms with van der Waals surface area (Å²) < 4.78 is 13.0. The largest absolute Gasteiger partial charge is 0.337 e. The highest BCUT2D eigenvalue weighted by Crippen LogP contribution is 2.59. The summed E-state index contributed by atoms with van der Waals surface area (Å²) in [4.78, 5) is 14.4. The topological polar surface area (TPSA) is 20.3 Å². The van der Waals surface area contributed by atoms with Crippen molar-refractivity contribution in [3.8, 4) is 0 Å². The zero-order chi connectivity index (χ0) is 15.3. The van der Waals surface area contributed by atoms with E-state index in [1.165, 1.54) is 17.7 Å². The molecule has 0 spiro atoms. The number of fused-ring (bicyclic) bond motifs is 1. The molecule has 1 aliphatic heterocycles. The first-order chi connectivity index (χ1) is 10.6. The quantitative estimate of drug-likeness (QED) is 0.823. The van der Waals surface area contributed by atoms with Crippen LogP contribution in [0.1, 0.15) is 22.3 Å². The molecular formula is C18H15ClFNO. The Morgan fingerprint density at radius 2 is 1.82 bits per heavy atom. The fourth-order valence-electron chi connectivity index (χ4n) is 3.64. The van der Waals surface area contributed by atoms with Gasteiger partial charge in [0.2, 0.25) is 0 Å². The average Bonchev–Trinajstić information content (AvgIpc) is 3.10. The third-order valence-electron chi connectivity index (χ3n) is 4.94. The maximum Gasteiger partial charge on any atom is 0.253 e. The molecule has 1 aliphatic carbocycles. The molecule has 2 fully saturated rings. The molecule has 1 amide bonds. The van der Waals surface area contributed by atoms with Gasteiger partial charge in [-0.25, -0.2) is 4.39 Å². The lowest BCUT2D eigenvalue weighted by atomic mass is 9.95. The molecule has 4 heteroatoms. The van der Waals surface area contributed by atoms with E-state index in [1.54, 1.807) is 12.1 Å². The van der Waals surface area contributed by atoms with Crippen LogP contribution in [0, 0.1) is 11.7 Å². The first kappa shape index (κ1) is 13.8. The molecule has 1 saturated heterocycles. The second-order valence-electron chi connectivity index (χ2n) is 6.26. The van der Waals surface area contributed by atoms with Gasteiger partial charge in [0, 0.05) is 29.1 Å². The summed E-state index contributed by atoms with van der Waals surface area (Å²) in [6.45, 7) is 1.51. The minimum Gasteiger partial charge on any atom is -0.337 e. The van der Waals surface area contributed by atoms with Crippen molar-refractivity contribution in [3.05, 3.63) is 70.5 Å². The number of likely N-dealkylation sites (tertiary alicyclic amines) is 1. The molecule has 0 N–H and O–H groups in total. The van der Waals surface area contributed by atoms with Crippen LogP contribution in [0.3, 0.4) is 0 Å². The molecule has 0 bridgehead atoms. The number of piperidine rings is 1. The van der Waals surface area contributed by atoms with E-state index in [-0.39, 0.29) is 17.1 Å². The first-order valence-corrected chi connectivity index (χ1v) is 7.77. The van der Waals surface area contributed by atoms with E-state index in [0.29, 0.717) is 11.5 Å². The summed E-state index contributed by atoms with van der Waals surface area (Å²) in [5, 5.41) is 0.731. The number of hydrogen-bond donors (Lipinski definition) is 0. The highest BCUT2D eigenvalue weighted by molar-refractivity contribution is 6.30. The standard InChI is InChI=1S/C18H15ClFNO/c19-15-5-3-13(4-6-15)18-9-14(18)10-21(11-18)17(22)12-1-7-16(20)8-2-12/h1-8,14H,9-11H2. The zero-order valence-corrected chi connectivity index (χ0v) is 12.7. The van der Waals surface area contributed by atoms with Crippen molar-refractivity contribution in [1.29, 1.82) is 0 Å². The summed E-state index contributed by atoms with van der Waals surface area (Å²) in [5.41, 5.74) is 1.91. The molecule has 112 valence electrons. The number of amides is 1. The fraction of sp³-hybridized carbons (Fsp3) is 0.278. The van der Waals surface area contributed by atoms with E-state index in [0.717, 1.165) is 24.5 Å². The van der Waals surface area contributed by atoms with Crippen molar-refractivity contribution in [2.45, 2.75) is 11.8 Å². The highest BCUT2D eigenvalue weighted by atomic mass is 35.5. The second kappa shape index (κ2) is 4.82. The van der Waals surface area contributed by atoms with Crippen LogP contribution < -0.4 is 0 Å². The van der Waals surface area contributed by atoms with E-state index < -0.39 is 0 Å². The summed E-state index contributed by atoms with van der Waals surface area (Å²) in [7, 11) is 0. The SMILES string of the molecule is O=C(c1ccc(F)cc1)N1CC2CC2(c2ccc(Cl)cc2)C1. The molecule has 2 aromatic carbocycles. The van der Waals surface area contributed by atoms with Gasteiger partial charge < -0.3 is 4.90 Å². The third kappa shape index (κ3) is 2.12. The zero-order valence-electron chi connectivity index (χ0n) is 11.9. The lowest BCUT2D eigenvalue weighted by molar-refractivity contribution is 0.0772. The number of carbonyl (C=O) groups is 1. The van der Waals surface area contributed by atoms with Crippen LogP contribution in [-0.4, -0.2) is 23.9 Å². The molecule has 4 rings (SSSR count). The van der Waals surface area contributed by atoms with Crippen LogP contribution in [0.2, 0.25) is 5.02 Å². The van der Waals surface area contributed by atoms with Gasteiger partial charge >= 0.3 is 0 Å². The molecule has 2 aromatic rings. The van der Waals surface area contributed by atoms with Crippen molar-refractivity contribution in [1.82, 2.24) is 4.90 Å². The van der Waals surface area contributed by atoms with Gasteiger partial charge in [-0.15, -0.1) is 0 Å². The molecule has 22 heavy (non-hydrogen) atoms. The Morgan fingerprint density at radius 3 is 2.50 bits per heavy atom. The van der Waals surface area contributed by atoms with Gasteiger partial charge in [-0.1, -0.05) is 23.7 Å². The Balaban J connectivity index is 1.54. The Bertz CT molecular complexity index is 728. The molecule has 2 aliphatic rings. The first-order valence-electron chi connectivity index (χ1n) is 7.39. The summed E-state index contributed by atoms with van der Waals surface area (Å²) in [6.07, 6.45) is 1.13. The van der Waals surface area contributed by atoms with Gasteiger partial charge in [0.05, 0.1) is 0 Å². The Morgan fingerprint density at radius 1 is 1.14 bits per heavy atom.